The fraction of sp³-hybridized carbons (Fsp3) is 0.231. The van der Waals surface area contributed by atoms with Gasteiger partial charge in [-0.25, -0.2) is 9.97 Å². The van der Waals surface area contributed by atoms with E-state index < -0.39 is 0 Å². The van der Waals surface area contributed by atoms with Crippen LogP contribution in [0.25, 0.3) is 21.5 Å². The normalized spacial score (nSPS) is 11.1. The number of imidazole rings is 1. The molecule has 0 fully saturated rings. The lowest BCUT2D eigenvalue weighted by atomic mass is 10.1. The van der Waals surface area contributed by atoms with E-state index in [2.05, 4.69) is 10.1 Å². The number of ether oxygens (including phenoxy) is 2. The van der Waals surface area contributed by atoms with Crippen molar-refractivity contribution in [2.75, 3.05) is 25.7 Å². The smallest absolute Gasteiger partial charge is 0.265 e. The van der Waals surface area contributed by atoms with Crippen molar-refractivity contribution in [2.45, 2.75) is 19.9 Å². The maximum Gasteiger partial charge on any atom is 0.265 e. The Bertz CT molecular complexity index is 1510. The molecule has 0 unspecified atom stereocenters. The first-order chi connectivity index (χ1) is 18.0. The summed E-state index contributed by atoms with van der Waals surface area (Å²) < 4.78 is 19.3. The van der Waals surface area contributed by atoms with E-state index in [9.17, 15) is 4.79 Å². The van der Waals surface area contributed by atoms with Crippen molar-refractivity contribution in [2.24, 2.45) is 0 Å². The zero-order valence-corrected chi connectivity index (χ0v) is 22.0. The number of benzene rings is 2. The molecule has 0 aliphatic heterocycles. The second-order valence-electron chi connectivity index (χ2n) is 8.20. The summed E-state index contributed by atoms with van der Waals surface area (Å²) in [6.07, 6.45) is 6.03. The standard InChI is InChI=1S/C26H24ClN5O4S/c1-16-21(22(30-36-16)17-7-4-5-8-18(17)27)25(33)32(13-6-12-31-14-11-28-15-31)26-29-23-19(34-2)9-10-20(35-3)24(23)37-26/h4-5,7-11,14-15H,6,12-13H2,1-3H3. The lowest BCUT2D eigenvalue weighted by Gasteiger charge is -2.20. The average molecular weight is 538 g/mol. The van der Waals surface area contributed by atoms with Gasteiger partial charge in [-0.05, 0) is 31.5 Å². The van der Waals surface area contributed by atoms with Crippen molar-refractivity contribution in [1.82, 2.24) is 19.7 Å². The lowest BCUT2D eigenvalue weighted by molar-refractivity contribution is 0.0985. The van der Waals surface area contributed by atoms with Gasteiger partial charge in [0, 0.05) is 31.0 Å². The SMILES string of the molecule is COc1ccc(OC)c2sc(N(CCCn3ccnc3)C(=O)c3c(-c4ccccc4Cl)noc3C)nc12. The van der Waals surface area contributed by atoms with Crippen LogP contribution in [0.1, 0.15) is 22.5 Å². The summed E-state index contributed by atoms with van der Waals surface area (Å²) in [5, 5.41) is 5.18. The second kappa shape index (κ2) is 10.6. The summed E-state index contributed by atoms with van der Waals surface area (Å²) in [5.74, 6) is 1.37. The molecule has 11 heteroatoms. The molecule has 0 aliphatic carbocycles. The Morgan fingerprint density at radius 1 is 1.16 bits per heavy atom. The molecule has 3 heterocycles. The lowest BCUT2D eigenvalue weighted by Crippen LogP contribution is -2.33. The summed E-state index contributed by atoms with van der Waals surface area (Å²) in [6.45, 7) is 2.80. The number of aromatic nitrogens is 4. The second-order valence-corrected chi connectivity index (χ2v) is 9.58. The third-order valence-electron chi connectivity index (χ3n) is 5.94. The van der Waals surface area contributed by atoms with Gasteiger partial charge in [-0.1, -0.05) is 46.3 Å². The molecule has 37 heavy (non-hydrogen) atoms. The van der Waals surface area contributed by atoms with Gasteiger partial charge in [-0.3, -0.25) is 9.69 Å². The topological polar surface area (TPSA) is 95.5 Å². The predicted octanol–water partition coefficient (Wildman–Crippen LogP) is 5.86. The summed E-state index contributed by atoms with van der Waals surface area (Å²) in [6, 6.07) is 10.9. The summed E-state index contributed by atoms with van der Waals surface area (Å²) in [5.41, 5.74) is 1.98. The number of hydrogen-bond acceptors (Lipinski definition) is 8. The minimum atomic E-state index is -0.281. The first-order valence-corrected chi connectivity index (χ1v) is 12.7. The Morgan fingerprint density at radius 3 is 2.68 bits per heavy atom. The maximum atomic E-state index is 14.2. The van der Waals surface area contributed by atoms with Crippen LogP contribution in [0, 0.1) is 6.92 Å². The van der Waals surface area contributed by atoms with Gasteiger partial charge in [-0.2, -0.15) is 0 Å². The minimum absolute atomic E-state index is 0.281. The molecule has 3 aromatic heterocycles. The largest absolute Gasteiger partial charge is 0.495 e. The molecule has 0 aliphatic rings. The van der Waals surface area contributed by atoms with Crippen LogP contribution in [0.15, 0.2) is 59.6 Å². The Balaban J connectivity index is 1.59. The van der Waals surface area contributed by atoms with Gasteiger partial charge in [0.1, 0.15) is 38.7 Å². The number of anilines is 1. The summed E-state index contributed by atoms with van der Waals surface area (Å²) >= 11 is 7.81. The number of rotatable bonds is 9. The average Bonchev–Trinajstić information content (AvgIpc) is 3.66. The predicted molar refractivity (Wildman–Crippen MR) is 143 cm³/mol. The number of thiazole rings is 1. The van der Waals surface area contributed by atoms with E-state index in [0.29, 0.717) is 69.3 Å². The molecule has 190 valence electrons. The maximum absolute atomic E-state index is 14.2. The highest BCUT2D eigenvalue weighted by Crippen LogP contribution is 2.41. The van der Waals surface area contributed by atoms with Crippen LogP contribution in [0.3, 0.4) is 0 Å². The highest BCUT2D eigenvalue weighted by Gasteiger charge is 2.30. The Kier molecular flexibility index (Phi) is 7.11. The van der Waals surface area contributed by atoms with Crippen molar-refractivity contribution >= 4 is 44.2 Å². The molecule has 1 amide bonds. The third-order valence-corrected chi connectivity index (χ3v) is 7.36. The fourth-order valence-corrected chi connectivity index (χ4v) is 5.42. The molecule has 0 saturated heterocycles. The summed E-state index contributed by atoms with van der Waals surface area (Å²) in [7, 11) is 3.19. The van der Waals surface area contributed by atoms with Crippen molar-refractivity contribution in [3.63, 3.8) is 0 Å². The number of hydrogen-bond donors (Lipinski definition) is 0. The molecular formula is C26H24ClN5O4S. The van der Waals surface area contributed by atoms with E-state index in [0.717, 1.165) is 4.70 Å². The van der Waals surface area contributed by atoms with Gasteiger partial charge in [0.2, 0.25) is 0 Å². The van der Waals surface area contributed by atoms with E-state index in [-0.39, 0.29) is 5.91 Å². The molecular weight excluding hydrogens is 514 g/mol. The Morgan fingerprint density at radius 2 is 1.95 bits per heavy atom. The van der Waals surface area contributed by atoms with Crippen LogP contribution in [0.4, 0.5) is 5.13 Å². The van der Waals surface area contributed by atoms with Crippen LogP contribution in [-0.2, 0) is 6.54 Å². The monoisotopic (exact) mass is 537 g/mol. The van der Waals surface area contributed by atoms with E-state index in [1.165, 1.54) is 11.3 Å². The van der Waals surface area contributed by atoms with Crippen molar-refractivity contribution < 1.29 is 18.8 Å². The molecule has 5 rings (SSSR count). The molecule has 0 spiro atoms. The fourth-order valence-electron chi connectivity index (χ4n) is 4.10. The molecule has 0 bridgehead atoms. The summed E-state index contributed by atoms with van der Waals surface area (Å²) in [4.78, 5) is 24.7. The molecule has 0 saturated carbocycles. The highest BCUT2D eigenvalue weighted by atomic mass is 35.5. The van der Waals surface area contributed by atoms with Gasteiger partial charge in [-0.15, -0.1) is 0 Å². The molecule has 0 radical (unpaired) electrons. The molecule has 5 aromatic rings. The van der Waals surface area contributed by atoms with E-state index >= 15 is 0 Å². The van der Waals surface area contributed by atoms with Crippen molar-refractivity contribution in [3.05, 3.63) is 71.5 Å². The first-order valence-electron chi connectivity index (χ1n) is 11.5. The van der Waals surface area contributed by atoms with Gasteiger partial charge < -0.3 is 18.6 Å². The van der Waals surface area contributed by atoms with Crippen molar-refractivity contribution in [3.8, 4) is 22.8 Å². The Labute approximate surface area is 222 Å². The highest BCUT2D eigenvalue weighted by molar-refractivity contribution is 7.22. The van der Waals surface area contributed by atoms with Crippen LogP contribution in [0.2, 0.25) is 5.02 Å². The Hall–Kier alpha value is -3.89. The molecule has 9 nitrogen and oxygen atoms in total. The number of carbonyl (C=O) groups excluding carboxylic acids is 1. The first kappa shape index (κ1) is 24.8. The van der Waals surface area contributed by atoms with E-state index in [1.54, 1.807) is 50.7 Å². The number of amides is 1. The van der Waals surface area contributed by atoms with Crippen LogP contribution in [-0.4, -0.2) is 46.4 Å². The quantitative estimate of drug-likeness (QED) is 0.232. The van der Waals surface area contributed by atoms with E-state index in [1.807, 2.05) is 35.0 Å². The number of aryl methyl sites for hydroxylation is 2. The van der Waals surface area contributed by atoms with Crippen LogP contribution >= 0.6 is 22.9 Å². The van der Waals surface area contributed by atoms with Crippen LogP contribution in [0.5, 0.6) is 11.5 Å². The van der Waals surface area contributed by atoms with E-state index in [4.69, 9.17) is 30.6 Å². The number of carbonyl (C=O) groups is 1. The van der Waals surface area contributed by atoms with Gasteiger partial charge in [0.05, 0.1) is 25.6 Å². The van der Waals surface area contributed by atoms with Gasteiger partial charge in [0.15, 0.2) is 5.13 Å². The molecule has 0 atom stereocenters. The number of methoxy groups -OCH3 is 2. The van der Waals surface area contributed by atoms with Gasteiger partial charge in [0.25, 0.3) is 5.91 Å². The zero-order chi connectivity index (χ0) is 25.9. The number of nitrogens with zero attached hydrogens (tertiary/aromatic N) is 5. The number of fused-ring (bicyclic) bond motifs is 1. The molecule has 2 aromatic carbocycles. The molecule has 0 N–H and O–H groups in total. The van der Waals surface area contributed by atoms with Gasteiger partial charge >= 0.3 is 0 Å². The van der Waals surface area contributed by atoms with Crippen molar-refractivity contribution in [1.29, 1.82) is 0 Å². The number of halogens is 1. The zero-order valence-electron chi connectivity index (χ0n) is 20.5. The third kappa shape index (κ3) is 4.77. The van der Waals surface area contributed by atoms with Crippen LogP contribution < -0.4 is 14.4 Å². The minimum Gasteiger partial charge on any atom is -0.495 e.